The van der Waals surface area contributed by atoms with Crippen LogP contribution in [0.25, 0.3) is 10.9 Å². The second-order valence-electron chi connectivity index (χ2n) is 7.30. The van der Waals surface area contributed by atoms with Crippen molar-refractivity contribution in [2.45, 2.75) is 19.4 Å². The lowest BCUT2D eigenvalue weighted by molar-refractivity contribution is -0.915. The van der Waals surface area contributed by atoms with Crippen LogP contribution in [0.2, 0.25) is 5.02 Å². The molecule has 0 radical (unpaired) electrons. The fourth-order valence-corrected chi connectivity index (χ4v) is 4.07. The van der Waals surface area contributed by atoms with Gasteiger partial charge in [0.25, 0.3) is 0 Å². The maximum atomic E-state index is 12.7. The standard InChI is InChI=1S/C22H22ClN3O3/c1-29-22(28)21-20(17-12-16(23)6-7-18(17)24-21)25-19(27)9-11-26-10-8-14-4-2-3-5-15(14)13-26/h2-7,12,24H,8-11,13H2,1H3,(H,25,27)/p+1. The van der Waals surface area contributed by atoms with Crippen LogP contribution in [0.1, 0.15) is 28.0 Å². The number of nitrogens with one attached hydrogen (secondary N) is 3. The molecule has 7 heteroatoms. The first kappa shape index (κ1) is 19.5. The molecule has 0 saturated heterocycles. The van der Waals surface area contributed by atoms with Crippen molar-refractivity contribution in [3.05, 3.63) is 64.3 Å². The van der Waals surface area contributed by atoms with Crippen LogP contribution in [-0.4, -0.2) is 37.1 Å². The number of H-pyrrole nitrogens is 1. The molecule has 6 nitrogen and oxygen atoms in total. The van der Waals surface area contributed by atoms with Gasteiger partial charge in [0, 0.05) is 27.9 Å². The quantitative estimate of drug-likeness (QED) is 0.564. The number of esters is 1. The number of ether oxygens (including phenoxy) is 1. The van der Waals surface area contributed by atoms with E-state index < -0.39 is 5.97 Å². The molecule has 0 bridgehead atoms. The number of aromatic nitrogens is 1. The summed E-state index contributed by atoms with van der Waals surface area (Å²) in [6.45, 7) is 2.68. The average molecular weight is 413 g/mol. The number of carbonyl (C=O) groups is 2. The van der Waals surface area contributed by atoms with Gasteiger partial charge in [-0.25, -0.2) is 4.79 Å². The minimum Gasteiger partial charge on any atom is -0.464 e. The highest BCUT2D eigenvalue weighted by atomic mass is 35.5. The number of fused-ring (bicyclic) bond motifs is 2. The van der Waals surface area contributed by atoms with Crippen molar-refractivity contribution >= 4 is 40.1 Å². The largest absolute Gasteiger partial charge is 0.464 e. The topological polar surface area (TPSA) is 75.6 Å². The predicted octanol–water partition coefficient (Wildman–Crippen LogP) is 2.58. The zero-order valence-electron chi connectivity index (χ0n) is 16.2. The van der Waals surface area contributed by atoms with Crippen LogP contribution in [0.5, 0.6) is 0 Å². The minimum absolute atomic E-state index is 0.137. The first-order chi connectivity index (χ1) is 14.0. The van der Waals surface area contributed by atoms with E-state index in [0.717, 1.165) is 26.1 Å². The van der Waals surface area contributed by atoms with Crippen molar-refractivity contribution in [3.8, 4) is 0 Å². The number of benzene rings is 2. The van der Waals surface area contributed by atoms with E-state index in [4.69, 9.17) is 16.3 Å². The van der Waals surface area contributed by atoms with E-state index in [0.29, 0.717) is 28.0 Å². The van der Waals surface area contributed by atoms with Crippen LogP contribution >= 0.6 is 11.6 Å². The molecule has 0 saturated carbocycles. The lowest BCUT2D eigenvalue weighted by Gasteiger charge is -2.25. The minimum atomic E-state index is -0.536. The highest BCUT2D eigenvalue weighted by Gasteiger charge is 2.23. The summed E-state index contributed by atoms with van der Waals surface area (Å²) in [5, 5.41) is 4.10. The maximum Gasteiger partial charge on any atom is 0.356 e. The lowest BCUT2D eigenvalue weighted by atomic mass is 10.00. The number of rotatable bonds is 5. The Balaban J connectivity index is 1.46. The van der Waals surface area contributed by atoms with E-state index in [-0.39, 0.29) is 11.6 Å². The van der Waals surface area contributed by atoms with Crippen LogP contribution < -0.4 is 10.2 Å². The van der Waals surface area contributed by atoms with Gasteiger partial charge in [-0.2, -0.15) is 0 Å². The Labute approximate surface area is 173 Å². The Bertz CT molecular complexity index is 1080. The molecule has 150 valence electrons. The van der Waals surface area contributed by atoms with Crippen molar-refractivity contribution in [1.29, 1.82) is 0 Å². The highest BCUT2D eigenvalue weighted by Crippen LogP contribution is 2.30. The molecular formula is C22H23ClN3O3+. The number of hydrogen-bond acceptors (Lipinski definition) is 3. The molecular weight excluding hydrogens is 390 g/mol. The number of halogens is 1. The first-order valence-corrected chi connectivity index (χ1v) is 10.0. The van der Waals surface area contributed by atoms with Gasteiger partial charge in [-0.15, -0.1) is 0 Å². The number of methoxy groups -OCH3 is 1. The Hall–Kier alpha value is -2.83. The zero-order valence-corrected chi connectivity index (χ0v) is 16.9. The summed E-state index contributed by atoms with van der Waals surface area (Å²) < 4.78 is 4.85. The molecule has 1 unspecified atom stereocenters. The molecule has 3 aromatic rings. The van der Waals surface area contributed by atoms with Gasteiger partial charge in [0.2, 0.25) is 5.91 Å². The summed E-state index contributed by atoms with van der Waals surface area (Å²) >= 11 is 6.11. The van der Waals surface area contributed by atoms with E-state index in [2.05, 4.69) is 34.6 Å². The molecule has 1 aromatic heterocycles. The third kappa shape index (κ3) is 4.13. The summed E-state index contributed by atoms with van der Waals surface area (Å²) in [5.74, 6) is -0.673. The van der Waals surface area contributed by atoms with Crippen LogP contribution in [0.4, 0.5) is 5.69 Å². The van der Waals surface area contributed by atoms with E-state index in [9.17, 15) is 9.59 Å². The van der Waals surface area contributed by atoms with Gasteiger partial charge < -0.3 is 19.9 Å². The SMILES string of the molecule is COC(=O)c1[nH]c2ccc(Cl)cc2c1NC(=O)CC[NH+]1CCc2ccccc2C1. The van der Waals surface area contributed by atoms with Crippen molar-refractivity contribution in [2.24, 2.45) is 0 Å². The summed E-state index contributed by atoms with van der Waals surface area (Å²) in [5.41, 5.74) is 4.10. The molecule has 4 rings (SSSR count). The fourth-order valence-electron chi connectivity index (χ4n) is 3.90. The number of hydrogen-bond donors (Lipinski definition) is 3. The molecule has 0 spiro atoms. The van der Waals surface area contributed by atoms with E-state index in [1.54, 1.807) is 18.2 Å². The van der Waals surface area contributed by atoms with E-state index in [1.807, 2.05) is 0 Å². The smallest absolute Gasteiger partial charge is 0.356 e. The van der Waals surface area contributed by atoms with Gasteiger partial charge in [0.1, 0.15) is 12.2 Å². The Morgan fingerprint density at radius 2 is 2.00 bits per heavy atom. The molecule has 2 heterocycles. The first-order valence-electron chi connectivity index (χ1n) is 9.65. The Kier molecular flexibility index (Phi) is 5.56. The maximum absolute atomic E-state index is 12.7. The zero-order chi connectivity index (χ0) is 20.4. The fraction of sp³-hybridized carbons (Fsp3) is 0.273. The average Bonchev–Trinajstić information content (AvgIpc) is 3.09. The van der Waals surface area contributed by atoms with Crippen LogP contribution in [0, 0.1) is 0 Å². The van der Waals surface area contributed by atoms with Crippen molar-refractivity contribution in [3.63, 3.8) is 0 Å². The summed E-state index contributed by atoms with van der Waals surface area (Å²) in [4.78, 5) is 29.2. The van der Waals surface area contributed by atoms with Crippen LogP contribution in [-0.2, 0) is 22.5 Å². The number of amides is 1. The number of anilines is 1. The molecule has 0 fully saturated rings. The molecule has 1 aliphatic rings. The normalized spacial score (nSPS) is 15.7. The van der Waals surface area contributed by atoms with Crippen molar-refractivity contribution in [1.82, 2.24) is 4.98 Å². The molecule has 3 N–H and O–H groups in total. The van der Waals surface area contributed by atoms with Gasteiger partial charge in [-0.3, -0.25) is 4.79 Å². The van der Waals surface area contributed by atoms with E-state index in [1.165, 1.54) is 23.1 Å². The summed E-state index contributed by atoms with van der Waals surface area (Å²) in [6, 6.07) is 13.7. The highest BCUT2D eigenvalue weighted by molar-refractivity contribution is 6.31. The Morgan fingerprint density at radius 1 is 1.21 bits per heavy atom. The van der Waals surface area contributed by atoms with Gasteiger partial charge in [0.05, 0.1) is 32.3 Å². The number of quaternary nitrogens is 1. The number of carbonyl (C=O) groups excluding carboxylic acids is 2. The second kappa shape index (κ2) is 8.27. The van der Waals surface area contributed by atoms with Gasteiger partial charge in [0.15, 0.2) is 0 Å². The van der Waals surface area contributed by atoms with Gasteiger partial charge >= 0.3 is 5.97 Å². The summed E-state index contributed by atoms with van der Waals surface area (Å²) in [7, 11) is 1.31. The lowest BCUT2D eigenvalue weighted by Crippen LogP contribution is -3.11. The third-order valence-electron chi connectivity index (χ3n) is 5.43. The van der Waals surface area contributed by atoms with Crippen molar-refractivity contribution in [2.75, 3.05) is 25.5 Å². The van der Waals surface area contributed by atoms with Crippen molar-refractivity contribution < 1.29 is 19.2 Å². The number of aromatic amines is 1. The third-order valence-corrected chi connectivity index (χ3v) is 5.66. The second-order valence-corrected chi connectivity index (χ2v) is 7.74. The predicted molar refractivity (Wildman–Crippen MR) is 112 cm³/mol. The monoisotopic (exact) mass is 412 g/mol. The molecule has 29 heavy (non-hydrogen) atoms. The Morgan fingerprint density at radius 3 is 2.79 bits per heavy atom. The van der Waals surface area contributed by atoms with E-state index >= 15 is 0 Å². The molecule has 2 aromatic carbocycles. The van der Waals surface area contributed by atoms with Gasteiger partial charge in [-0.05, 0) is 23.8 Å². The van der Waals surface area contributed by atoms with Crippen LogP contribution in [0.15, 0.2) is 42.5 Å². The van der Waals surface area contributed by atoms with Gasteiger partial charge in [-0.1, -0.05) is 35.9 Å². The molecule has 0 aliphatic carbocycles. The van der Waals surface area contributed by atoms with Crippen LogP contribution in [0.3, 0.4) is 0 Å². The molecule has 1 amide bonds. The summed E-state index contributed by atoms with van der Waals surface area (Å²) in [6.07, 6.45) is 1.39. The molecule has 1 aliphatic heterocycles. The molecule has 1 atom stereocenters.